The van der Waals surface area contributed by atoms with Gasteiger partial charge in [0, 0.05) is 18.0 Å². The van der Waals surface area contributed by atoms with E-state index in [0.717, 1.165) is 15.9 Å². The van der Waals surface area contributed by atoms with Crippen molar-refractivity contribution < 1.29 is 23.1 Å². The van der Waals surface area contributed by atoms with Gasteiger partial charge in [0.1, 0.15) is 5.56 Å². The molecule has 3 heterocycles. The molecule has 0 spiro atoms. The molecule has 0 fully saturated rings. The number of ether oxygens (including phenoxy) is 1. The lowest BCUT2D eigenvalue weighted by atomic mass is 10.2. The first-order chi connectivity index (χ1) is 16.3. The summed E-state index contributed by atoms with van der Waals surface area (Å²) in [6.45, 7) is 2.68. The molecule has 3 aromatic heterocycles. The van der Waals surface area contributed by atoms with Crippen LogP contribution in [0.25, 0.3) is 16.4 Å². The van der Waals surface area contributed by atoms with Crippen molar-refractivity contribution in [3.05, 3.63) is 65.4 Å². The standard InChI is InChI=1S/C22H20F2N6O3S/c1-4-33-20(32)16-11-26-30(13(16)3)15-7-5-14(6-8-15)19(31)28-22-27-12(2)17(34-22)18-25-9-10-29(18)21(23)24/h5-11,21H,4H2,1-3H3,(H,27,28,31). The summed E-state index contributed by atoms with van der Waals surface area (Å²) >= 11 is 1.07. The van der Waals surface area contributed by atoms with E-state index in [9.17, 15) is 18.4 Å². The Morgan fingerprint density at radius 1 is 1.21 bits per heavy atom. The van der Waals surface area contributed by atoms with Gasteiger partial charge in [-0.15, -0.1) is 0 Å². The van der Waals surface area contributed by atoms with E-state index in [-0.39, 0.29) is 17.6 Å². The molecule has 0 bridgehead atoms. The highest BCUT2D eigenvalue weighted by atomic mass is 32.1. The van der Waals surface area contributed by atoms with Crippen LogP contribution in [0.4, 0.5) is 13.9 Å². The van der Waals surface area contributed by atoms with Crippen molar-refractivity contribution in [1.29, 1.82) is 0 Å². The van der Waals surface area contributed by atoms with E-state index < -0.39 is 18.4 Å². The molecule has 12 heteroatoms. The average molecular weight is 487 g/mol. The van der Waals surface area contributed by atoms with Gasteiger partial charge in [-0.2, -0.15) is 13.9 Å². The largest absolute Gasteiger partial charge is 0.462 e. The van der Waals surface area contributed by atoms with Crippen LogP contribution in [0, 0.1) is 13.8 Å². The number of benzene rings is 1. The van der Waals surface area contributed by atoms with Crippen molar-refractivity contribution in [2.24, 2.45) is 0 Å². The van der Waals surface area contributed by atoms with Crippen LogP contribution < -0.4 is 5.32 Å². The van der Waals surface area contributed by atoms with Gasteiger partial charge in [0.2, 0.25) is 0 Å². The Labute approximate surface area is 197 Å². The van der Waals surface area contributed by atoms with Gasteiger partial charge in [0.15, 0.2) is 11.0 Å². The molecule has 0 aliphatic carbocycles. The number of aromatic nitrogens is 5. The highest BCUT2D eigenvalue weighted by Crippen LogP contribution is 2.33. The van der Waals surface area contributed by atoms with Gasteiger partial charge in [0.25, 0.3) is 5.91 Å². The minimum atomic E-state index is -2.73. The van der Waals surface area contributed by atoms with Crippen LogP contribution in [0.5, 0.6) is 0 Å². The van der Waals surface area contributed by atoms with Crippen molar-refractivity contribution in [1.82, 2.24) is 24.3 Å². The number of anilines is 1. The molecule has 9 nitrogen and oxygen atoms in total. The molecule has 1 amide bonds. The fraction of sp³-hybridized carbons (Fsp3) is 0.227. The van der Waals surface area contributed by atoms with E-state index in [1.807, 2.05) is 0 Å². The first-order valence-corrected chi connectivity index (χ1v) is 11.0. The maximum absolute atomic E-state index is 13.2. The predicted molar refractivity (Wildman–Crippen MR) is 122 cm³/mol. The van der Waals surface area contributed by atoms with Crippen molar-refractivity contribution in [2.75, 3.05) is 11.9 Å². The molecule has 0 radical (unpaired) electrons. The van der Waals surface area contributed by atoms with Crippen LogP contribution in [0.3, 0.4) is 0 Å². The zero-order valence-corrected chi connectivity index (χ0v) is 19.3. The van der Waals surface area contributed by atoms with Crippen molar-refractivity contribution in [3.8, 4) is 16.4 Å². The number of carbonyl (C=O) groups is 2. The Kier molecular flexibility index (Phi) is 6.50. The smallest absolute Gasteiger partial charge is 0.341 e. The molecule has 0 unspecified atom stereocenters. The first-order valence-electron chi connectivity index (χ1n) is 10.2. The van der Waals surface area contributed by atoms with Gasteiger partial charge < -0.3 is 4.74 Å². The number of aryl methyl sites for hydroxylation is 1. The Morgan fingerprint density at radius 2 is 1.94 bits per heavy atom. The predicted octanol–water partition coefficient (Wildman–Crippen LogP) is 4.63. The van der Waals surface area contributed by atoms with Crippen LogP contribution in [-0.2, 0) is 4.74 Å². The Balaban J connectivity index is 1.50. The van der Waals surface area contributed by atoms with Gasteiger partial charge in [-0.3, -0.25) is 14.7 Å². The zero-order chi connectivity index (χ0) is 24.4. The number of rotatable bonds is 7. The highest BCUT2D eigenvalue weighted by molar-refractivity contribution is 7.19. The average Bonchev–Trinajstić information content (AvgIpc) is 3.52. The van der Waals surface area contributed by atoms with Gasteiger partial charge in [-0.25, -0.2) is 19.4 Å². The van der Waals surface area contributed by atoms with E-state index >= 15 is 0 Å². The van der Waals surface area contributed by atoms with E-state index in [1.54, 1.807) is 49.7 Å². The molecule has 1 N–H and O–H groups in total. The van der Waals surface area contributed by atoms with Crippen LogP contribution in [0.15, 0.2) is 42.9 Å². The topological polar surface area (TPSA) is 104 Å². The summed E-state index contributed by atoms with van der Waals surface area (Å²) < 4.78 is 33.7. The summed E-state index contributed by atoms with van der Waals surface area (Å²) in [7, 11) is 0. The van der Waals surface area contributed by atoms with E-state index in [4.69, 9.17) is 4.74 Å². The summed E-state index contributed by atoms with van der Waals surface area (Å²) in [5.74, 6) is -0.767. The highest BCUT2D eigenvalue weighted by Gasteiger charge is 2.20. The molecule has 4 aromatic rings. The third-order valence-corrected chi connectivity index (χ3v) is 6.05. The molecule has 0 aliphatic rings. The van der Waals surface area contributed by atoms with Gasteiger partial charge in [-0.1, -0.05) is 11.3 Å². The summed E-state index contributed by atoms with van der Waals surface area (Å²) in [5.41, 5.74) is 2.49. The Bertz CT molecular complexity index is 1340. The fourth-order valence-corrected chi connectivity index (χ4v) is 4.27. The van der Waals surface area contributed by atoms with E-state index in [2.05, 4.69) is 20.4 Å². The number of nitrogens with zero attached hydrogens (tertiary/aromatic N) is 5. The summed E-state index contributed by atoms with van der Waals surface area (Å²) in [4.78, 5) is 33.4. The minimum absolute atomic E-state index is 0.0895. The third-order valence-electron chi connectivity index (χ3n) is 4.98. The number of alkyl halides is 2. The maximum atomic E-state index is 13.2. The maximum Gasteiger partial charge on any atom is 0.341 e. The number of esters is 1. The van der Waals surface area contributed by atoms with Gasteiger partial charge >= 0.3 is 12.5 Å². The van der Waals surface area contributed by atoms with Crippen LogP contribution >= 0.6 is 11.3 Å². The molecule has 34 heavy (non-hydrogen) atoms. The van der Waals surface area contributed by atoms with E-state index in [1.165, 1.54) is 18.6 Å². The Morgan fingerprint density at radius 3 is 2.62 bits per heavy atom. The molecule has 4 rings (SSSR count). The zero-order valence-electron chi connectivity index (χ0n) is 18.5. The van der Waals surface area contributed by atoms with Crippen LogP contribution in [0.1, 0.15) is 45.6 Å². The second-order valence-electron chi connectivity index (χ2n) is 7.15. The molecule has 0 atom stereocenters. The number of nitrogens with one attached hydrogen (secondary N) is 1. The van der Waals surface area contributed by atoms with Gasteiger partial charge in [0.05, 0.1) is 34.8 Å². The minimum Gasteiger partial charge on any atom is -0.462 e. The summed E-state index contributed by atoms with van der Waals surface area (Å²) in [5, 5.41) is 7.20. The van der Waals surface area contributed by atoms with Crippen LogP contribution in [-0.4, -0.2) is 42.8 Å². The quantitative estimate of drug-likeness (QED) is 0.382. The number of thiazole rings is 1. The molecule has 0 saturated carbocycles. The Hall–Kier alpha value is -3.93. The fourth-order valence-electron chi connectivity index (χ4n) is 3.31. The second kappa shape index (κ2) is 9.51. The van der Waals surface area contributed by atoms with Crippen molar-refractivity contribution in [2.45, 2.75) is 27.3 Å². The van der Waals surface area contributed by atoms with Gasteiger partial charge in [-0.05, 0) is 45.0 Å². The lowest BCUT2D eigenvalue weighted by molar-refractivity contribution is 0.0525. The molecular weight excluding hydrogens is 466 g/mol. The summed E-state index contributed by atoms with van der Waals surface area (Å²) in [6.07, 6.45) is 3.92. The molecular formula is C22H20F2N6O3S. The van der Waals surface area contributed by atoms with Crippen LogP contribution in [0.2, 0.25) is 0 Å². The number of amides is 1. The number of imidazole rings is 1. The molecule has 1 aromatic carbocycles. The normalized spacial score (nSPS) is 11.1. The molecule has 176 valence electrons. The lowest BCUT2D eigenvalue weighted by Crippen LogP contribution is -2.12. The molecule has 0 aliphatic heterocycles. The monoisotopic (exact) mass is 486 g/mol. The van der Waals surface area contributed by atoms with Crippen molar-refractivity contribution >= 4 is 28.3 Å². The molecule has 0 saturated heterocycles. The SMILES string of the molecule is CCOC(=O)c1cnn(-c2ccc(C(=O)Nc3nc(C)c(-c4nccn4C(F)F)s3)cc2)c1C. The number of hydrogen-bond acceptors (Lipinski definition) is 7. The second-order valence-corrected chi connectivity index (χ2v) is 8.15. The summed E-state index contributed by atoms with van der Waals surface area (Å²) in [6, 6.07) is 6.62. The van der Waals surface area contributed by atoms with E-state index in [0.29, 0.717) is 33.1 Å². The van der Waals surface area contributed by atoms with Crippen molar-refractivity contribution in [3.63, 3.8) is 0 Å². The number of hydrogen-bond donors (Lipinski definition) is 1. The lowest BCUT2D eigenvalue weighted by Gasteiger charge is -2.07. The first kappa shape index (κ1) is 23.2. The third kappa shape index (κ3) is 4.44. The number of carbonyl (C=O) groups excluding carboxylic acids is 2. The number of halogens is 2.